The average Bonchev–Trinajstić information content (AvgIpc) is 2.82. The van der Waals surface area contributed by atoms with E-state index in [9.17, 15) is 0 Å². The zero-order valence-corrected chi connectivity index (χ0v) is 13.3. The third kappa shape index (κ3) is 2.92. The Hall–Kier alpha value is -1.51. The summed E-state index contributed by atoms with van der Waals surface area (Å²) < 4.78 is 2.24. The van der Waals surface area contributed by atoms with Crippen LogP contribution < -0.4 is 0 Å². The number of imidazole rings is 1. The normalized spacial score (nSPS) is 11.2. The standard InChI is InChI=1S/C17H16Cl2N2/c1-12-3-2-4-15-17(12)20-16(9-10-18)21(15)11-13-5-7-14(19)8-6-13/h2-8H,9-11H2,1H3. The minimum absolute atomic E-state index is 0.572. The summed E-state index contributed by atoms with van der Waals surface area (Å²) in [5.41, 5.74) is 4.62. The van der Waals surface area contributed by atoms with E-state index in [1.54, 1.807) is 0 Å². The Morgan fingerprint density at radius 3 is 2.57 bits per heavy atom. The van der Waals surface area contributed by atoms with Crippen LogP contribution in [0.4, 0.5) is 0 Å². The van der Waals surface area contributed by atoms with E-state index < -0.39 is 0 Å². The number of para-hydroxylation sites is 1. The lowest BCUT2D eigenvalue weighted by Crippen LogP contribution is -2.05. The van der Waals surface area contributed by atoms with Crippen LogP contribution in [-0.4, -0.2) is 15.4 Å². The van der Waals surface area contributed by atoms with Gasteiger partial charge in [0.2, 0.25) is 0 Å². The van der Waals surface area contributed by atoms with Gasteiger partial charge in [-0.15, -0.1) is 11.6 Å². The monoisotopic (exact) mass is 318 g/mol. The molecule has 0 N–H and O–H groups in total. The molecule has 0 saturated carbocycles. The Kier molecular flexibility index (Phi) is 4.18. The van der Waals surface area contributed by atoms with Gasteiger partial charge in [0.05, 0.1) is 11.0 Å². The second kappa shape index (κ2) is 6.08. The first-order chi connectivity index (χ1) is 10.2. The quantitative estimate of drug-likeness (QED) is 0.630. The molecule has 2 aromatic carbocycles. The van der Waals surface area contributed by atoms with Gasteiger partial charge in [-0.1, -0.05) is 35.9 Å². The van der Waals surface area contributed by atoms with Crippen molar-refractivity contribution in [3.05, 3.63) is 64.4 Å². The summed E-state index contributed by atoms with van der Waals surface area (Å²) in [7, 11) is 0. The molecule has 1 heterocycles. The minimum Gasteiger partial charge on any atom is -0.323 e. The van der Waals surface area contributed by atoms with Gasteiger partial charge in [-0.2, -0.15) is 0 Å². The molecule has 1 aromatic heterocycles. The van der Waals surface area contributed by atoms with Crippen molar-refractivity contribution in [2.24, 2.45) is 0 Å². The molecule has 0 spiro atoms. The fraction of sp³-hybridized carbons (Fsp3) is 0.235. The van der Waals surface area contributed by atoms with Gasteiger partial charge in [0.1, 0.15) is 5.82 Å². The second-order valence-corrected chi connectivity index (χ2v) is 5.94. The summed E-state index contributed by atoms with van der Waals surface area (Å²) in [6, 6.07) is 14.2. The lowest BCUT2D eigenvalue weighted by Gasteiger charge is -2.09. The van der Waals surface area contributed by atoms with E-state index in [1.807, 2.05) is 12.1 Å². The topological polar surface area (TPSA) is 17.8 Å². The van der Waals surface area contributed by atoms with Gasteiger partial charge in [0.15, 0.2) is 0 Å². The predicted molar refractivity (Wildman–Crippen MR) is 89.4 cm³/mol. The fourth-order valence-corrected chi connectivity index (χ4v) is 2.85. The second-order valence-electron chi connectivity index (χ2n) is 5.12. The van der Waals surface area contributed by atoms with Crippen molar-refractivity contribution in [1.29, 1.82) is 0 Å². The van der Waals surface area contributed by atoms with Crippen molar-refractivity contribution in [2.45, 2.75) is 19.9 Å². The smallest absolute Gasteiger partial charge is 0.111 e. The minimum atomic E-state index is 0.572. The largest absolute Gasteiger partial charge is 0.323 e. The van der Waals surface area contributed by atoms with Crippen LogP contribution in [0.1, 0.15) is 17.0 Å². The summed E-state index contributed by atoms with van der Waals surface area (Å²) in [6.45, 7) is 2.87. The average molecular weight is 319 g/mol. The van der Waals surface area contributed by atoms with Crippen LogP contribution in [0.15, 0.2) is 42.5 Å². The number of aromatic nitrogens is 2. The molecular weight excluding hydrogens is 303 g/mol. The van der Waals surface area contributed by atoms with Crippen molar-refractivity contribution in [1.82, 2.24) is 9.55 Å². The van der Waals surface area contributed by atoms with Crippen LogP contribution in [0.3, 0.4) is 0 Å². The molecule has 3 aromatic rings. The van der Waals surface area contributed by atoms with Crippen molar-refractivity contribution in [2.75, 3.05) is 5.88 Å². The van der Waals surface area contributed by atoms with Gasteiger partial charge in [0.25, 0.3) is 0 Å². The molecule has 0 amide bonds. The molecule has 21 heavy (non-hydrogen) atoms. The summed E-state index contributed by atoms with van der Waals surface area (Å²) in [5, 5.41) is 0.756. The first-order valence-electron chi connectivity index (χ1n) is 6.94. The number of rotatable bonds is 4. The summed E-state index contributed by atoms with van der Waals surface area (Å²) in [6.07, 6.45) is 0.767. The fourth-order valence-electron chi connectivity index (χ4n) is 2.56. The SMILES string of the molecule is Cc1cccc2c1nc(CCCl)n2Cc1ccc(Cl)cc1. The Labute approximate surface area is 134 Å². The molecule has 2 nitrogen and oxygen atoms in total. The zero-order chi connectivity index (χ0) is 14.8. The summed E-state index contributed by atoms with van der Waals surface area (Å²) in [5.74, 6) is 1.60. The third-order valence-electron chi connectivity index (χ3n) is 3.63. The van der Waals surface area contributed by atoms with Gasteiger partial charge in [-0.3, -0.25) is 0 Å². The van der Waals surface area contributed by atoms with Crippen LogP contribution in [0.5, 0.6) is 0 Å². The Balaban J connectivity index is 2.08. The van der Waals surface area contributed by atoms with Gasteiger partial charge < -0.3 is 4.57 Å². The highest BCUT2D eigenvalue weighted by molar-refractivity contribution is 6.30. The Bertz CT molecular complexity index is 760. The van der Waals surface area contributed by atoms with Gasteiger partial charge >= 0.3 is 0 Å². The molecule has 0 aliphatic heterocycles. The molecule has 3 rings (SSSR count). The van der Waals surface area contributed by atoms with Crippen LogP contribution in [0, 0.1) is 6.92 Å². The molecule has 108 valence electrons. The van der Waals surface area contributed by atoms with Crippen LogP contribution in [-0.2, 0) is 13.0 Å². The van der Waals surface area contributed by atoms with E-state index in [-0.39, 0.29) is 0 Å². The lowest BCUT2D eigenvalue weighted by molar-refractivity contribution is 0.754. The highest BCUT2D eigenvalue weighted by Crippen LogP contribution is 2.22. The molecule has 0 aliphatic rings. The van der Waals surface area contributed by atoms with Crippen LogP contribution >= 0.6 is 23.2 Å². The van der Waals surface area contributed by atoms with E-state index in [2.05, 4.69) is 41.8 Å². The maximum atomic E-state index is 5.95. The first kappa shape index (κ1) is 14.4. The van der Waals surface area contributed by atoms with Crippen molar-refractivity contribution in [3.63, 3.8) is 0 Å². The lowest BCUT2D eigenvalue weighted by atomic mass is 10.2. The highest BCUT2D eigenvalue weighted by atomic mass is 35.5. The maximum Gasteiger partial charge on any atom is 0.111 e. The number of alkyl halides is 1. The number of hydrogen-bond donors (Lipinski definition) is 0. The molecule has 0 radical (unpaired) electrons. The third-order valence-corrected chi connectivity index (χ3v) is 4.07. The molecule has 0 atom stereocenters. The maximum absolute atomic E-state index is 5.95. The molecule has 0 aliphatic carbocycles. The van der Waals surface area contributed by atoms with E-state index >= 15 is 0 Å². The van der Waals surface area contributed by atoms with Crippen molar-refractivity contribution < 1.29 is 0 Å². The van der Waals surface area contributed by atoms with E-state index in [1.165, 1.54) is 11.1 Å². The van der Waals surface area contributed by atoms with Gasteiger partial charge in [0, 0.05) is 23.9 Å². The number of nitrogens with zero attached hydrogens (tertiary/aromatic N) is 2. The van der Waals surface area contributed by atoms with E-state index in [4.69, 9.17) is 28.2 Å². The number of hydrogen-bond acceptors (Lipinski definition) is 1. The highest BCUT2D eigenvalue weighted by Gasteiger charge is 2.12. The van der Waals surface area contributed by atoms with Gasteiger partial charge in [-0.05, 0) is 36.2 Å². The molecule has 4 heteroatoms. The van der Waals surface area contributed by atoms with Crippen molar-refractivity contribution in [3.8, 4) is 0 Å². The first-order valence-corrected chi connectivity index (χ1v) is 7.85. The van der Waals surface area contributed by atoms with Crippen LogP contribution in [0.2, 0.25) is 5.02 Å². The Morgan fingerprint density at radius 1 is 1.10 bits per heavy atom. The van der Waals surface area contributed by atoms with E-state index in [0.29, 0.717) is 5.88 Å². The zero-order valence-electron chi connectivity index (χ0n) is 11.8. The predicted octanol–water partition coefficient (Wildman–Crippen LogP) is 4.83. The molecule has 0 fully saturated rings. The summed E-state index contributed by atoms with van der Waals surface area (Å²) in [4.78, 5) is 4.77. The Morgan fingerprint density at radius 2 is 1.86 bits per heavy atom. The van der Waals surface area contributed by atoms with Crippen molar-refractivity contribution >= 4 is 34.2 Å². The molecule has 0 unspecified atom stereocenters. The summed E-state index contributed by atoms with van der Waals surface area (Å²) >= 11 is 11.9. The number of fused-ring (bicyclic) bond motifs is 1. The number of aryl methyl sites for hydroxylation is 2. The molecule has 0 saturated heterocycles. The van der Waals surface area contributed by atoms with E-state index in [0.717, 1.165) is 34.8 Å². The number of halogens is 2. The number of benzene rings is 2. The van der Waals surface area contributed by atoms with Crippen LogP contribution in [0.25, 0.3) is 11.0 Å². The molecule has 0 bridgehead atoms. The molecular formula is C17H16Cl2N2. The van der Waals surface area contributed by atoms with Gasteiger partial charge in [-0.25, -0.2) is 4.98 Å².